The molecule has 174 valence electrons. The number of halogens is 2. The van der Waals surface area contributed by atoms with Crippen molar-refractivity contribution in [3.63, 3.8) is 0 Å². The van der Waals surface area contributed by atoms with Crippen molar-refractivity contribution in [2.45, 2.75) is 37.6 Å². The van der Waals surface area contributed by atoms with Gasteiger partial charge in [-0.2, -0.15) is 0 Å². The molecule has 2 unspecified atom stereocenters. The number of nitrogens with one attached hydrogen (secondary N) is 1. The zero-order valence-electron chi connectivity index (χ0n) is 18.5. The van der Waals surface area contributed by atoms with Gasteiger partial charge in [-0.25, -0.2) is 0 Å². The van der Waals surface area contributed by atoms with Gasteiger partial charge in [-0.3, -0.25) is 9.59 Å². The van der Waals surface area contributed by atoms with Gasteiger partial charge in [-0.1, -0.05) is 60.8 Å². The van der Waals surface area contributed by atoms with E-state index in [1.807, 2.05) is 44.3 Å². The number of carbonyl (C=O) groups excluding carboxylic acids is 1. The Hall–Kier alpha value is -2.54. The third-order valence-electron chi connectivity index (χ3n) is 6.46. The first kappa shape index (κ1) is 23.6. The largest absolute Gasteiger partial charge is 0.481 e. The Morgan fingerprint density at radius 3 is 2.55 bits per heavy atom. The zero-order chi connectivity index (χ0) is 23.8. The van der Waals surface area contributed by atoms with E-state index in [2.05, 4.69) is 5.32 Å². The maximum atomic E-state index is 13.4. The molecule has 1 aliphatic heterocycles. The molecule has 0 saturated carbocycles. The Morgan fingerprint density at radius 2 is 1.94 bits per heavy atom. The first-order valence-corrected chi connectivity index (χ1v) is 11.7. The predicted octanol–water partition coefficient (Wildman–Crippen LogP) is 5.50. The smallest absolute Gasteiger partial charge is 0.310 e. The van der Waals surface area contributed by atoms with Crippen molar-refractivity contribution in [1.29, 1.82) is 0 Å². The maximum absolute atomic E-state index is 13.4. The fourth-order valence-corrected chi connectivity index (χ4v) is 4.95. The van der Waals surface area contributed by atoms with E-state index >= 15 is 0 Å². The van der Waals surface area contributed by atoms with Crippen LogP contribution < -0.4 is 5.32 Å². The number of benzene rings is 2. The number of fused-ring (bicyclic) bond motifs is 1. The first-order chi connectivity index (χ1) is 15.8. The summed E-state index contributed by atoms with van der Waals surface area (Å²) in [4.78, 5) is 25.0. The highest BCUT2D eigenvalue weighted by Gasteiger charge is 2.39. The van der Waals surface area contributed by atoms with Crippen LogP contribution in [-0.4, -0.2) is 34.8 Å². The normalized spacial score (nSPS) is 19.0. The minimum absolute atomic E-state index is 0.245. The van der Waals surface area contributed by atoms with E-state index in [0.717, 1.165) is 23.1 Å². The number of carbonyl (C=O) groups is 2. The van der Waals surface area contributed by atoms with E-state index in [1.165, 1.54) is 0 Å². The quantitative estimate of drug-likeness (QED) is 0.460. The SMILES string of the molecule is CCCC(C(=O)O)c1ccc(C2(NC(=O)c3cc4c(Cl)c(Cl)ccc4n3C)CCOC2)cc1. The van der Waals surface area contributed by atoms with Crippen LogP contribution in [0.15, 0.2) is 42.5 Å². The Bertz CT molecular complexity index is 1200. The second kappa shape index (κ2) is 9.37. The molecule has 1 saturated heterocycles. The number of ether oxygens (including phenoxy) is 1. The lowest BCUT2D eigenvalue weighted by molar-refractivity contribution is -0.139. The van der Waals surface area contributed by atoms with Crippen LogP contribution in [0.3, 0.4) is 0 Å². The van der Waals surface area contributed by atoms with Crippen LogP contribution in [0.2, 0.25) is 10.0 Å². The monoisotopic (exact) mass is 488 g/mol. The van der Waals surface area contributed by atoms with Crippen LogP contribution in [0.1, 0.15) is 53.7 Å². The zero-order valence-corrected chi connectivity index (χ0v) is 20.0. The van der Waals surface area contributed by atoms with Crippen molar-refractivity contribution in [2.75, 3.05) is 13.2 Å². The molecule has 1 amide bonds. The van der Waals surface area contributed by atoms with Crippen molar-refractivity contribution < 1.29 is 19.4 Å². The lowest BCUT2D eigenvalue weighted by Crippen LogP contribution is -2.47. The van der Waals surface area contributed by atoms with Crippen LogP contribution in [0.4, 0.5) is 0 Å². The summed E-state index contributed by atoms with van der Waals surface area (Å²) in [5, 5.41) is 14.3. The molecule has 8 heteroatoms. The second-order valence-corrected chi connectivity index (χ2v) is 9.31. The summed E-state index contributed by atoms with van der Waals surface area (Å²) in [6.45, 7) is 2.83. The highest BCUT2D eigenvalue weighted by atomic mass is 35.5. The number of rotatable bonds is 7. The Kier molecular flexibility index (Phi) is 6.71. The topological polar surface area (TPSA) is 80.6 Å². The number of carboxylic acid groups (broad SMARTS) is 1. The molecule has 0 bridgehead atoms. The van der Waals surface area contributed by atoms with Crippen LogP contribution in [0, 0.1) is 0 Å². The molecule has 2 aromatic carbocycles. The number of hydrogen-bond donors (Lipinski definition) is 2. The van der Waals surface area contributed by atoms with Gasteiger partial charge in [0, 0.05) is 31.0 Å². The molecular formula is C25H26Cl2N2O4. The van der Waals surface area contributed by atoms with Crippen molar-refractivity contribution >= 4 is 46.0 Å². The van der Waals surface area contributed by atoms with Gasteiger partial charge in [0.2, 0.25) is 0 Å². The van der Waals surface area contributed by atoms with Gasteiger partial charge in [0.25, 0.3) is 5.91 Å². The lowest BCUT2D eigenvalue weighted by Gasteiger charge is -2.30. The van der Waals surface area contributed by atoms with E-state index in [1.54, 1.807) is 16.7 Å². The van der Waals surface area contributed by atoms with Crippen LogP contribution in [0.5, 0.6) is 0 Å². The Balaban J connectivity index is 1.65. The van der Waals surface area contributed by atoms with Crippen molar-refractivity contribution in [2.24, 2.45) is 7.05 Å². The van der Waals surface area contributed by atoms with Crippen LogP contribution >= 0.6 is 23.2 Å². The van der Waals surface area contributed by atoms with E-state index in [9.17, 15) is 14.7 Å². The molecule has 0 spiro atoms. The van der Waals surface area contributed by atoms with Gasteiger partial charge in [0.15, 0.2) is 0 Å². The summed E-state index contributed by atoms with van der Waals surface area (Å²) in [6.07, 6.45) is 1.98. The molecule has 33 heavy (non-hydrogen) atoms. The average molecular weight is 489 g/mol. The minimum Gasteiger partial charge on any atom is -0.481 e. The number of aromatic nitrogens is 1. The molecule has 0 aliphatic carbocycles. The molecule has 1 fully saturated rings. The van der Waals surface area contributed by atoms with Gasteiger partial charge >= 0.3 is 5.97 Å². The van der Waals surface area contributed by atoms with E-state index in [-0.39, 0.29) is 5.91 Å². The van der Waals surface area contributed by atoms with Crippen LogP contribution in [-0.2, 0) is 22.1 Å². The number of amides is 1. The summed E-state index contributed by atoms with van der Waals surface area (Å²) in [6, 6.07) is 12.8. The fraction of sp³-hybridized carbons (Fsp3) is 0.360. The highest BCUT2D eigenvalue weighted by molar-refractivity contribution is 6.45. The summed E-state index contributed by atoms with van der Waals surface area (Å²) >= 11 is 12.5. The molecule has 1 aliphatic rings. The van der Waals surface area contributed by atoms with Crippen molar-refractivity contribution in [1.82, 2.24) is 9.88 Å². The molecular weight excluding hydrogens is 463 g/mol. The minimum atomic E-state index is -0.827. The molecule has 0 radical (unpaired) electrons. The summed E-state index contributed by atoms with van der Waals surface area (Å²) in [5.74, 6) is -1.61. The standard InChI is InChI=1S/C25H26Cl2N2O4/c1-3-4-17(24(31)32)15-5-7-16(8-6-15)25(11-12-33-14-25)28-23(30)21-13-18-20(29(21)2)10-9-19(26)22(18)27/h5-10,13,17H,3-4,11-12,14H2,1-2H3,(H,28,30)(H,31,32). The number of nitrogens with zero attached hydrogens (tertiary/aromatic N) is 1. The molecule has 2 atom stereocenters. The number of carboxylic acids is 1. The maximum Gasteiger partial charge on any atom is 0.310 e. The van der Waals surface area contributed by atoms with Gasteiger partial charge in [0.05, 0.1) is 28.1 Å². The predicted molar refractivity (Wildman–Crippen MR) is 129 cm³/mol. The average Bonchev–Trinajstić information content (AvgIpc) is 3.40. The Morgan fingerprint density at radius 1 is 1.21 bits per heavy atom. The molecule has 2 N–H and O–H groups in total. The van der Waals surface area contributed by atoms with Gasteiger partial charge in [-0.05, 0) is 35.7 Å². The third-order valence-corrected chi connectivity index (χ3v) is 7.28. The van der Waals surface area contributed by atoms with Crippen molar-refractivity contribution in [3.05, 3.63) is 69.3 Å². The van der Waals surface area contributed by atoms with Crippen molar-refractivity contribution in [3.8, 4) is 0 Å². The number of hydrogen-bond acceptors (Lipinski definition) is 3. The molecule has 3 aromatic rings. The molecule has 2 heterocycles. The molecule has 4 rings (SSSR count). The summed E-state index contributed by atoms with van der Waals surface area (Å²) in [7, 11) is 1.81. The van der Waals surface area contributed by atoms with Gasteiger partial charge < -0.3 is 19.7 Å². The second-order valence-electron chi connectivity index (χ2n) is 8.52. The van der Waals surface area contributed by atoms with E-state index < -0.39 is 17.4 Å². The first-order valence-electron chi connectivity index (χ1n) is 10.9. The Labute approximate surface area is 202 Å². The summed E-state index contributed by atoms with van der Waals surface area (Å²) < 4.78 is 7.47. The number of aryl methyl sites for hydroxylation is 1. The van der Waals surface area contributed by atoms with E-state index in [4.69, 9.17) is 27.9 Å². The molecule has 6 nitrogen and oxygen atoms in total. The third kappa shape index (κ3) is 4.35. The van der Waals surface area contributed by atoms with E-state index in [0.29, 0.717) is 47.2 Å². The lowest BCUT2D eigenvalue weighted by atomic mass is 9.86. The van der Waals surface area contributed by atoms with Crippen LogP contribution in [0.25, 0.3) is 10.9 Å². The van der Waals surface area contributed by atoms with Gasteiger partial charge in [-0.15, -0.1) is 0 Å². The highest BCUT2D eigenvalue weighted by Crippen LogP contribution is 2.35. The number of aliphatic carboxylic acids is 1. The van der Waals surface area contributed by atoms with Gasteiger partial charge in [0.1, 0.15) is 5.69 Å². The fourth-order valence-electron chi connectivity index (χ4n) is 4.57. The summed E-state index contributed by atoms with van der Waals surface area (Å²) in [5.41, 5.74) is 2.22. The molecule has 1 aromatic heterocycles.